The van der Waals surface area contributed by atoms with Gasteiger partial charge >= 0.3 is 0 Å². The summed E-state index contributed by atoms with van der Waals surface area (Å²) in [4.78, 5) is 0. The van der Waals surface area contributed by atoms with Crippen molar-refractivity contribution in [1.29, 1.82) is 0 Å². The molecule has 6 aromatic rings. The first kappa shape index (κ1) is 27.2. The van der Waals surface area contributed by atoms with Crippen molar-refractivity contribution >= 4 is 33.4 Å². The fourth-order valence-electron chi connectivity index (χ4n) is 7.14. The van der Waals surface area contributed by atoms with Crippen LogP contribution in [0.25, 0.3) is 38.6 Å². The Hall–Kier alpha value is -5.34. The first-order chi connectivity index (χ1) is 22.0. The van der Waals surface area contributed by atoms with E-state index < -0.39 is 0 Å². The van der Waals surface area contributed by atoms with Crippen molar-refractivity contribution in [3.05, 3.63) is 168 Å². The van der Waals surface area contributed by atoms with Gasteiger partial charge < -0.3 is 10.6 Å². The predicted octanol–water partition coefficient (Wildman–Crippen LogP) is 11.4. The van der Waals surface area contributed by atoms with Gasteiger partial charge in [0, 0.05) is 33.9 Å². The van der Waals surface area contributed by atoms with E-state index in [2.05, 4.69) is 176 Å². The number of rotatable bonds is 6. The van der Waals surface area contributed by atoms with Crippen LogP contribution in [0.3, 0.4) is 0 Å². The average molecular weight is 581 g/mol. The molecular weight excluding hydrogens is 544 g/mol. The number of hydrogen-bond donors (Lipinski definition) is 2. The molecule has 0 aromatic heterocycles. The van der Waals surface area contributed by atoms with Crippen LogP contribution in [0.5, 0.6) is 0 Å². The molecule has 218 valence electrons. The van der Waals surface area contributed by atoms with Crippen molar-refractivity contribution < 1.29 is 0 Å². The van der Waals surface area contributed by atoms with Gasteiger partial charge in [-0.15, -0.1) is 0 Å². The second-order valence-electron chi connectivity index (χ2n) is 12.8. The highest BCUT2D eigenvalue weighted by molar-refractivity contribution is 5.94. The van der Waals surface area contributed by atoms with Crippen molar-refractivity contribution in [3.63, 3.8) is 0 Å². The van der Waals surface area contributed by atoms with E-state index in [0.29, 0.717) is 0 Å². The molecule has 6 aromatic carbocycles. The number of benzene rings is 6. The highest BCUT2D eigenvalue weighted by atomic mass is 14.9. The Morgan fingerprint density at radius 1 is 0.600 bits per heavy atom. The van der Waals surface area contributed by atoms with Crippen LogP contribution < -0.4 is 10.6 Å². The zero-order valence-corrected chi connectivity index (χ0v) is 25.7. The van der Waals surface area contributed by atoms with E-state index in [9.17, 15) is 0 Å². The highest BCUT2D eigenvalue weighted by Crippen LogP contribution is 2.51. The third-order valence-electron chi connectivity index (χ3n) is 9.61. The number of allylic oxidation sites excluding steroid dienone is 2. The summed E-state index contributed by atoms with van der Waals surface area (Å²) in [6, 6.07) is 50.3. The molecule has 2 nitrogen and oxygen atoms in total. The second kappa shape index (κ2) is 11.0. The lowest BCUT2D eigenvalue weighted by atomic mass is 9.77. The number of hydrogen-bond acceptors (Lipinski definition) is 2. The van der Waals surface area contributed by atoms with Gasteiger partial charge in [0.05, 0.1) is 0 Å². The largest absolute Gasteiger partial charge is 0.378 e. The third-order valence-corrected chi connectivity index (χ3v) is 9.61. The van der Waals surface area contributed by atoms with Crippen LogP contribution in [0.1, 0.15) is 31.4 Å². The molecule has 2 heteroatoms. The zero-order valence-electron chi connectivity index (χ0n) is 25.7. The molecular formula is C43H36N2. The highest BCUT2D eigenvalue weighted by Gasteiger charge is 2.39. The van der Waals surface area contributed by atoms with Gasteiger partial charge in [0.25, 0.3) is 0 Å². The standard InChI is InChI=1S/C43H36N2/c1-43(2)40-27-35(44-34-21-19-32(20-22-34)31-17-15-30(16-18-31)29-9-4-3-5-10-29)23-25-38(40)39-26-24-36(28-41(39)43)45-42-14-8-12-33-11-6-7-13-37(33)42/h3-27,36,44-45H,28H2,1-2H3. The van der Waals surface area contributed by atoms with Gasteiger partial charge in [0.2, 0.25) is 0 Å². The van der Waals surface area contributed by atoms with Gasteiger partial charge in [-0.2, -0.15) is 0 Å². The van der Waals surface area contributed by atoms with Crippen molar-refractivity contribution in [1.82, 2.24) is 0 Å². The van der Waals surface area contributed by atoms with E-state index in [1.54, 1.807) is 0 Å². The molecule has 0 spiro atoms. The summed E-state index contributed by atoms with van der Waals surface area (Å²) in [5.74, 6) is 0. The molecule has 1 unspecified atom stereocenters. The third kappa shape index (κ3) is 5.03. The predicted molar refractivity (Wildman–Crippen MR) is 192 cm³/mol. The molecule has 45 heavy (non-hydrogen) atoms. The number of fused-ring (bicyclic) bond motifs is 3. The maximum absolute atomic E-state index is 3.84. The van der Waals surface area contributed by atoms with Gasteiger partial charge in [0.1, 0.15) is 0 Å². The minimum Gasteiger partial charge on any atom is -0.378 e. The molecule has 0 saturated carbocycles. The van der Waals surface area contributed by atoms with Gasteiger partial charge in [-0.1, -0.05) is 135 Å². The maximum atomic E-state index is 3.84. The van der Waals surface area contributed by atoms with Gasteiger partial charge in [-0.05, 0) is 86.7 Å². The Labute approximate surface area is 265 Å². The minimum absolute atomic E-state index is 0.0401. The summed E-state index contributed by atoms with van der Waals surface area (Å²) in [5, 5.41) is 10.0. The van der Waals surface area contributed by atoms with Crippen LogP contribution in [0.4, 0.5) is 17.1 Å². The van der Waals surface area contributed by atoms with E-state index >= 15 is 0 Å². The summed E-state index contributed by atoms with van der Waals surface area (Å²) >= 11 is 0. The van der Waals surface area contributed by atoms with E-state index in [0.717, 1.165) is 17.8 Å². The average Bonchev–Trinajstić information content (AvgIpc) is 3.31. The normalized spacial score (nSPS) is 16.4. The molecule has 0 amide bonds. The van der Waals surface area contributed by atoms with Crippen molar-refractivity contribution in [2.24, 2.45) is 0 Å². The van der Waals surface area contributed by atoms with Crippen LogP contribution in [0.15, 0.2) is 157 Å². The first-order valence-electron chi connectivity index (χ1n) is 15.9. The Morgan fingerprint density at radius 3 is 1.98 bits per heavy atom. The zero-order chi connectivity index (χ0) is 30.4. The lowest BCUT2D eigenvalue weighted by molar-refractivity contribution is 0.596. The second-order valence-corrected chi connectivity index (χ2v) is 12.8. The molecule has 2 aliphatic carbocycles. The number of anilines is 3. The number of nitrogens with one attached hydrogen (secondary N) is 2. The molecule has 0 heterocycles. The van der Waals surface area contributed by atoms with Crippen LogP contribution >= 0.6 is 0 Å². The van der Waals surface area contributed by atoms with Crippen LogP contribution in [0, 0.1) is 0 Å². The topological polar surface area (TPSA) is 24.1 Å². The van der Waals surface area contributed by atoms with Crippen molar-refractivity contribution in [2.75, 3.05) is 10.6 Å². The fourth-order valence-corrected chi connectivity index (χ4v) is 7.14. The summed E-state index contributed by atoms with van der Waals surface area (Å²) in [5.41, 5.74) is 13.9. The Balaban J connectivity index is 0.976. The van der Waals surface area contributed by atoms with Crippen molar-refractivity contribution in [2.45, 2.75) is 31.7 Å². The summed E-state index contributed by atoms with van der Waals surface area (Å²) in [6.45, 7) is 4.76. The van der Waals surface area contributed by atoms with E-state index in [4.69, 9.17) is 0 Å². The first-order valence-corrected chi connectivity index (χ1v) is 15.9. The SMILES string of the molecule is CC1(C)C2=C(C=CC(Nc3cccc4ccccc34)C2)c2ccc(Nc3ccc(-c4ccc(-c5ccccc5)cc4)cc3)cc21. The summed E-state index contributed by atoms with van der Waals surface area (Å²) in [7, 11) is 0. The molecule has 0 fully saturated rings. The van der Waals surface area contributed by atoms with Crippen LogP contribution in [0.2, 0.25) is 0 Å². The quantitative estimate of drug-likeness (QED) is 0.205. The van der Waals surface area contributed by atoms with Gasteiger partial charge in [-0.3, -0.25) is 0 Å². The molecule has 0 aliphatic heterocycles. The monoisotopic (exact) mass is 580 g/mol. The Bertz CT molecular complexity index is 2080. The van der Waals surface area contributed by atoms with Crippen molar-refractivity contribution in [3.8, 4) is 22.3 Å². The molecule has 2 N–H and O–H groups in total. The summed E-state index contributed by atoms with van der Waals surface area (Å²) in [6.07, 6.45) is 5.68. The maximum Gasteiger partial charge on any atom is 0.0485 e. The van der Waals surface area contributed by atoms with E-state index in [1.807, 2.05) is 0 Å². The lowest BCUT2D eigenvalue weighted by Crippen LogP contribution is -2.26. The lowest BCUT2D eigenvalue weighted by Gasteiger charge is -2.30. The molecule has 0 radical (unpaired) electrons. The van der Waals surface area contributed by atoms with Crippen LogP contribution in [-0.2, 0) is 5.41 Å². The van der Waals surface area contributed by atoms with Crippen LogP contribution in [-0.4, -0.2) is 6.04 Å². The van der Waals surface area contributed by atoms with E-state index in [1.165, 1.54) is 61.0 Å². The molecule has 8 rings (SSSR count). The minimum atomic E-state index is -0.0401. The van der Waals surface area contributed by atoms with E-state index in [-0.39, 0.29) is 11.5 Å². The van der Waals surface area contributed by atoms with Gasteiger partial charge in [-0.25, -0.2) is 0 Å². The molecule has 1 atom stereocenters. The Morgan fingerprint density at radius 2 is 1.22 bits per heavy atom. The fraction of sp³-hybridized carbons (Fsp3) is 0.116. The molecule has 0 bridgehead atoms. The molecule has 0 saturated heterocycles. The molecule has 2 aliphatic rings. The summed E-state index contributed by atoms with van der Waals surface area (Å²) < 4.78 is 0. The smallest absolute Gasteiger partial charge is 0.0485 e. The Kier molecular flexibility index (Phi) is 6.64. The van der Waals surface area contributed by atoms with Gasteiger partial charge in [0.15, 0.2) is 0 Å².